The summed E-state index contributed by atoms with van der Waals surface area (Å²) >= 11 is 0. The van der Waals surface area contributed by atoms with E-state index >= 15 is 0 Å². The van der Waals surface area contributed by atoms with E-state index in [-0.39, 0.29) is 6.04 Å². The van der Waals surface area contributed by atoms with Crippen LogP contribution in [0, 0.1) is 10.8 Å². The summed E-state index contributed by atoms with van der Waals surface area (Å²) in [7, 11) is 1.84. The van der Waals surface area contributed by atoms with Gasteiger partial charge in [0.25, 0.3) is 0 Å². The number of pyridine rings is 1. The van der Waals surface area contributed by atoms with Gasteiger partial charge in [-0.05, 0) is 48.4 Å². The van der Waals surface area contributed by atoms with Crippen molar-refractivity contribution in [2.24, 2.45) is 0 Å². The Morgan fingerprint density at radius 1 is 1.42 bits per heavy atom. The van der Waals surface area contributed by atoms with Crippen LogP contribution in [0.15, 0.2) is 78.5 Å². The second kappa shape index (κ2) is 11.1. The minimum atomic E-state index is -0.773. The topological polar surface area (TPSA) is 108 Å². The van der Waals surface area contributed by atoms with Crippen LogP contribution < -0.4 is 10.6 Å². The average Bonchev–Trinajstić information content (AvgIpc) is 3.63. The first-order chi connectivity index (χ1) is 15.1. The first kappa shape index (κ1) is 22.2. The van der Waals surface area contributed by atoms with E-state index in [0.29, 0.717) is 18.7 Å². The fourth-order valence-corrected chi connectivity index (χ4v) is 3.26. The van der Waals surface area contributed by atoms with Gasteiger partial charge in [-0.25, -0.2) is 0 Å². The van der Waals surface area contributed by atoms with Crippen molar-refractivity contribution in [2.45, 2.75) is 38.0 Å². The maximum absolute atomic E-state index is 10.6. The van der Waals surface area contributed by atoms with E-state index in [9.17, 15) is 5.11 Å². The second-order valence-corrected chi connectivity index (χ2v) is 7.46. The Balaban J connectivity index is 1.68. The monoisotopic (exact) mass is 418 g/mol. The summed E-state index contributed by atoms with van der Waals surface area (Å²) in [4.78, 5) is 5.87. The Kier molecular flexibility index (Phi) is 7.95. The lowest BCUT2D eigenvalue weighted by Gasteiger charge is -2.21. The molecule has 1 heterocycles. The minimum absolute atomic E-state index is 0.259. The summed E-state index contributed by atoms with van der Waals surface area (Å²) in [6.07, 6.45) is 20.5. The molecule has 1 aromatic rings. The lowest BCUT2D eigenvalue weighted by Crippen LogP contribution is -2.32. The number of rotatable bonds is 10. The van der Waals surface area contributed by atoms with Gasteiger partial charge in [0.2, 0.25) is 0 Å². The lowest BCUT2D eigenvalue weighted by atomic mass is 10.1. The van der Waals surface area contributed by atoms with Crippen molar-refractivity contribution in [3.8, 4) is 0 Å². The van der Waals surface area contributed by atoms with Gasteiger partial charge in [-0.15, -0.1) is 0 Å². The molecule has 0 spiro atoms. The Hall–Kier alpha value is -3.45. The van der Waals surface area contributed by atoms with E-state index in [1.54, 1.807) is 17.3 Å². The smallest absolute Gasteiger partial charge is 0.133 e. The molecule has 0 aromatic carbocycles. The van der Waals surface area contributed by atoms with E-state index in [0.717, 1.165) is 35.2 Å². The molecule has 2 aliphatic rings. The van der Waals surface area contributed by atoms with Crippen molar-refractivity contribution < 1.29 is 5.11 Å². The highest BCUT2D eigenvalue weighted by atomic mass is 16.3. The van der Waals surface area contributed by atoms with E-state index in [4.69, 9.17) is 10.8 Å². The predicted octanol–water partition coefficient (Wildman–Crippen LogP) is 3.32. The van der Waals surface area contributed by atoms with Crippen LogP contribution in [-0.4, -0.2) is 46.5 Å². The zero-order valence-electron chi connectivity index (χ0n) is 17.8. The molecule has 0 bridgehead atoms. The number of amidine groups is 1. The third-order valence-corrected chi connectivity index (χ3v) is 5.03. The standard InChI is InChI=1S/C24H30N6O/c1-27-14-12-18(20-6-4-13-28-16-20)8-11-23(31)29-21-7-3-2-5-19(15-21)24(26)30(17-25)22-9-10-22/h2-6,8,12-17,22-23,25-27,29,31H,7,9-11H2,1H3/b14-12-,18-8+,25-17?,26-24?. The van der Waals surface area contributed by atoms with E-state index in [1.807, 2.05) is 61.8 Å². The molecule has 1 saturated carbocycles. The Morgan fingerprint density at radius 2 is 2.26 bits per heavy atom. The van der Waals surface area contributed by atoms with Crippen LogP contribution in [0.1, 0.15) is 31.2 Å². The molecule has 7 heteroatoms. The fourth-order valence-electron chi connectivity index (χ4n) is 3.26. The average molecular weight is 419 g/mol. The second-order valence-electron chi connectivity index (χ2n) is 7.46. The molecule has 1 unspecified atom stereocenters. The number of hydrogen-bond acceptors (Lipinski definition) is 6. The first-order valence-electron chi connectivity index (χ1n) is 10.5. The maximum atomic E-state index is 10.6. The zero-order valence-corrected chi connectivity index (χ0v) is 17.8. The van der Waals surface area contributed by atoms with Crippen molar-refractivity contribution in [2.75, 3.05) is 7.05 Å². The highest BCUT2D eigenvalue weighted by Gasteiger charge is 2.30. The molecule has 2 aliphatic carbocycles. The molecule has 0 saturated heterocycles. The lowest BCUT2D eigenvalue weighted by molar-refractivity contribution is 0.152. The van der Waals surface area contributed by atoms with Gasteiger partial charge in [0.15, 0.2) is 0 Å². The molecule has 1 atom stereocenters. The van der Waals surface area contributed by atoms with Crippen LogP contribution in [0.2, 0.25) is 0 Å². The Bertz CT molecular complexity index is 925. The largest absolute Gasteiger partial charge is 0.394 e. The number of nitrogens with one attached hydrogen (secondary N) is 4. The van der Waals surface area contributed by atoms with Crippen molar-refractivity contribution in [1.82, 2.24) is 20.5 Å². The van der Waals surface area contributed by atoms with Crippen LogP contribution in [0.5, 0.6) is 0 Å². The van der Waals surface area contributed by atoms with Crippen molar-refractivity contribution in [1.29, 1.82) is 10.8 Å². The summed E-state index contributed by atoms with van der Waals surface area (Å²) in [6.45, 7) is 0. The fraction of sp³-hybridized carbons (Fsp3) is 0.292. The first-order valence-corrected chi connectivity index (χ1v) is 10.5. The molecule has 31 heavy (non-hydrogen) atoms. The van der Waals surface area contributed by atoms with Gasteiger partial charge in [0.1, 0.15) is 12.1 Å². The summed E-state index contributed by atoms with van der Waals surface area (Å²) in [6, 6.07) is 4.13. The highest BCUT2D eigenvalue weighted by Crippen LogP contribution is 2.27. The third kappa shape index (κ3) is 6.52. The third-order valence-electron chi connectivity index (χ3n) is 5.03. The van der Waals surface area contributed by atoms with Gasteiger partial charge in [-0.2, -0.15) is 0 Å². The Labute approximate surface area is 183 Å². The zero-order chi connectivity index (χ0) is 22.1. The molecule has 1 aromatic heterocycles. The van der Waals surface area contributed by atoms with Crippen LogP contribution in [0.25, 0.3) is 5.57 Å². The molecule has 1 fully saturated rings. The van der Waals surface area contributed by atoms with Gasteiger partial charge < -0.3 is 20.6 Å². The summed E-state index contributed by atoms with van der Waals surface area (Å²) in [5, 5.41) is 32.9. The molecular formula is C24H30N6O. The maximum Gasteiger partial charge on any atom is 0.133 e. The van der Waals surface area contributed by atoms with Gasteiger partial charge in [-0.1, -0.05) is 30.4 Å². The van der Waals surface area contributed by atoms with Gasteiger partial charge in [0, 0.05) is 49.6 Å². The molecule has 3 rings (SSSR count). The van der Waals surface area contributed by atoms with Crippen LogP contribution in [-0.2, 0) is 0 Å². The van der Waals surface area contributed by atoms with Gasteiger partial charge >= 0.3 is 0 Å². The summed E-state index contributed by atoms with van der Waals surface area (Å²) in [5.74, 6) is 0.314. The van der Waals surface area contributed by atoms with Crippen molar-refractivity contribution >= 4 is 17.7 Å². The number of hydrogen-bond donors (Lipinski definition) is 5. The Morgan fingerprint density at radius 3 is 2.94 bits per heavy atom. The highest BCUT2D eigenvalue weighted by molar-refractivity contribution is 6.04. The van der Waals surface area contributed by atoms with Crippen molar-refractivity contribution in [3.05, 3.63) is 84.0 Å². The SMILES string of the molecule is CN/C=C\C(=C/CC(O)NC1=CC(C(=N)N(C=N)C2CC2)=CC=CC1)c1cccnc1. The number of aliphatic hydroxyl groups is 1. The predicted molar refractivity (Wildman–Crippen MR) is 125 cm³/mol. The number of nitrogens with zero attached hydrogens (tertiary/aromatic N) is 2. The number of allylic oxidation sites excluding steroid dienone is 5. The minimum Gasteiger partial charge on any atom is -0.394 e. The molecule has 7 nitrogen and oxygen atoms in total. The van der Waals surface area contributed by atoms with Crippen molar-refractivity contribution in [3.63, 3.8) is 0 Å². The molecule has 0 radical (unpaired) electrons. The summed E-state index contributed by atoms with van der Waals surface area (Å²) < 4.78 is 0. The number of aromatic nitrogens is 1. The van der Waals surface area contributed by atoms with Gasteiger partial charge in [0.05, 0.1) is 6.34 Å². The summed E-state index contributed by atoms with van der Waals surface area (Å²) in [5.41, 5.74) is 3.50. The van der Waals surface area contributed by atoms with E-state index in [2.05, 4.69) is 15.6 Å². The molecular weight excluding hydrogens is 388 g/mol. The quantitative estimate of drug-likeness (QED) is 0.173. The number of aliphatic hydroxyl groups excluding tert-OH is 1. The molecule has 162 valence electrons. The van der Waals surface area contributed by atoms with Crippen LogP contribution in [0.3, 0.4) is 0 Å². The van der Waals surface area contributed by atoms with Crippen LogP contribution >= 0.6 is 0 Å². The van der Waals surface area contributed by atoms with Gasteiger partial charge in [-0.3, -0.25) is 15.8 Å². The van der Waals surface area contributed by atoms with Crippen LogP contribution in [0.4, 0.5) is 0 Å². The molecule has 0 aliphatic heterocycles. The molecule has 0 amide bonds. The normalized spacial score (nSPS) is 17.4. The molecule has 5 N–H and O–H groups in total. The van der Waals surface area contributed by atoms with E-state index in [1.165, 1.54) is 6.34 Å². The van der Waals surface area contributed by atoms with E-state index < -0.39 is 6.23 Å².